The van der Waals surface area contributed by atoms with E-state index in [0.29, 0.717) is 6.42 Å². The maximum atomic E-state index is 12.0. The minimum Gasteiger partial charge on any atom is -0.497 e. The van der Waals surface area contributed by atoms with Gasteiger partial charge in [-0.15, -0.1) is 0 Å². The summed E-state index contributed by atoms with van der Waals surface area (Å²) in [4.78, 5) is 12.0. The first kappa shape index (κ1) is 14.4. The summed E-state index contributed by atoms with van der Waals surface area (Å²) in [6, 6.07) is 17.9. The molecule has 22 heavy (non-hydrogen) atoms. The third kappa shape index (κ3) is 3.37. The number of benzene rings is 2. The normalized spacial score (nSPS) is 17.8. The standard InChI is InChI=1S/C19H19NO2/c1-22-19-9-7-16(8-10-19)20-17-11-15(12-18(21)13-17)14-5-3-2-4-6-14/h2-10,13,15,20H,11-12H2,1H3. The van der Waals surface area contributed by atoms with Gasteiger partial charge in [0.15, 0.2) is 5.78 Å². The number of hydrogen-bond acceptors (Lipinski definition) is 3. The molecular weight excluding hydrogens is 274 g/mol. The highest BCUT2D eigenvalue weighted by Gasteiger charge is 2.22. The molecule has 0 aliphatic heterocycles. The highest BCUT2D eigenvalue weighted by Crippen LogP contribution is 2.32. The van der Waals surface area contributed by atoms with Crippen LogP contribution in [0.15, 0.2) is 66.4 Å². The molecule has 1 unspecified atom stereocenters. The van der Waals surface area contributed by atoms with Crippen molar-refractivity contribution in [1.82, 2.24) is 0 Å². The van der Waals surface area contributed by atoms with E-state index in [-0.39, 0.29) is 11.7 Å². The first-order chi connectivity index (χ1) is 10.7. The van der Waals surface area contributed by atoms with Gasteiger partial charge in [-0.2, -0.15) is 0 Å². The summed E-state index contributed by atoms with van der Waals surface area (Å²) in [6.07, 6.45) is 3.16. The SMILES string of the molecule is COc1ccc(NC2=CC(=O)CC(c3ccccc3)C2)cc1. The molecule has 0 heterocycles. The topological polar surface area (TPSA) is 38.3 Å². The van der Waals surface area contributed by atoms with Gasteiger partial charge in [-0.3, -0.25) is 4.79 Å². The molecule has 1 aliphatic carbocycles. The van der Waals surface area contributed by atoms with Crippen LogP contribution >= 0.6 is 0 Å². The monoisotopic (exact) mass is 293 g/mol. The lowest BCUT2D eigenvalue weighted by molar-refractivity contribution is -0.115. The lowest BCUT2D eigenvalue weighted by Gasteiger charge is -2.23. The third-order valence-electron chi connectivity index (χ3n) is 3.92. The van der Waals surface area contributed by atoms with Crippen molar-refractivity contribution >= 4 is 11.5 Å². The Labute approximate surface area is 130 Å². The quantitative estimate of drug-likeness (QED) is 0.920. The fraction of sp³-hybridized carbons (Fsp3) is 0.211. The van der Waals surface area contributed by atoms with Crippen LogP contribution in [0.5, 0.6) is 5.75 Å². The third-order valence-corrected chi connectivity index (χ3v) is 3.92. The second-order valence-electron chi connectivity index (χ2n) is 5.51. The van der Waals surface area contributed by atoms with Gasteiger partial charge in [-0.05, 0) is 42.2 Å². The number of rotatable bonds is 4. The van der Waals surface area contributed by atoms with Gasteiger partial charge in [0.05, 0.1) is 7.11 Å². The Morgan fingerprint density at radius 1 is 1.00 bits per heavy atom. The minimum atomic E-state index is 0.177. The highest BCUT2D eigenvalue weighted by molar-refractivity contribution is 5.92. The zero-order valence-corrected chi connectivity index (χ0v) is 12.6. The molecule has 0 spiro atoms. The van der Waals surface area contributed by atoms with Crippen molar-refractivity contribution < 1.29 is 9.53 Å². The van der Waals surface area contributed by atoms with Gasteiger partial charge in [0.25, 0.3) is 0 Å². The van der Waals surface area contributed by atoms with E-state index in [2.05, 4.69) is 17.4 Å². The van der Waals surface area contributed by atoms with E-state index >= 15 is 0 Å². The average Bonchev–Trinajstić information content (AvgIpc) is 2.56. The Kier molecular flexibility index (Phi) is 4.24. The fourth-order valence-corrected chi connectivity index (χ4v) is 2.80. The number of methoxy groups -OCH3 is 1. The van der Waals surface area contributed by atoms with Crippen LogP contribution in [0.25, 0.3) is 0 Å². The number of hydrogen-bond donors (Lipinski definition) is 1. The molecule has 0 aromatic heterocycles. The van der Waals surface area contributed by atoms with Crippen molar-refractivity contribution in [2.24, 2.45) is 0 Å². The molecule has 0 fully saturated rings. The number of ether oxygens (including phenoxy) is 1. The molecule has 2 aromatic rings. The molecule has 0 saturated carbocycles. The second kappa shape index (κ2) is 6.48. The van der Waals surface area contributed by atoms with Crippen molar-refractivity contribution in [2.45, 2.75) is 18.8 Å². The van der Waals surface area contributed by atoms with E-state index in [9.17, 15) is 4.79 Å². The van der Waals surface area contributed by atoms with Crippen LogP contribution in [0.3, 0.4) is 0 Å². The average molecular weight is 293 g/mol. The predicted octanol–water partition coefficient (Wildman–Crippen LogP) is 4.14. The van der Waals surface area contributed by atoms with Crippen molar-refractivity contribution in [1.29, 1.82) is 0 Å². The van der Waals surface area contributed by atoms with Crippen LogP contribution in [0.1, 0.15) is 24.3 Å². The van der Waals surface area contributed by atoms with Crippen LogP contribution in [-0.2, 0) is 4.79 Å². The molecule has 3 heteroatoms. The molecule has 1 N–H and O–H groups in total. The van der Waals surface area contributed by atoms with Crippen LogP contribution in [0.2, 0.25) is 0 Å². The number of carbonyl (C=O) groups excluding carboxylic acids is 1. The summed E-state index contributed by atoms with van der Waals surface area (Å²) in [5.41, 5.74) is 3.15. The Morgan fingerprint density at radius 2 is 1.73 bits per heavy atom. The van der Waals surface area contributed by atoms with E-state index < -0.39 is 0 Å². The van der Waals surface area contributed by atoms with Gasteiger partial charge in [0, 0.05) is 23.9 Å². The maximum Gasteiger partial charge on any atom is 0.158 e. The van der Waals surface area contributed by atoms with E-state index in [1.165, 1.54) is 5.56 Å². The lowest BCUT2D eigenvalue weighted by atomic mass is 9.85. The number of allylic oxidation sites excluding steroid dienone is 2. The second-order valence-corrected chi connectivity index (χ2v) is 5.51. The van der Waals surface area contributed by atoms with Gasteiger partial charge in [0.2, 0.25) is 0 Å². The van der Waals surface area contributed by atoms with Gasteiger partial charge in [0.1, 0.15) is 5.75 Å². The number of anilines is 1. The molecule has 0 saturated heterocycles. The zero-order chi connectivity index (χ0) is 15.4. The van der Waals surface area contributed by atoms with Crippen LogP contribution < -0.4 is 10.1 Å². The summed E-state index contributed by atoms with van der Waals surface area (Å²) in [5, 5.41) is 3.35. The molecule has 3 rings (SSSR count). The molecule has 0 radical (unpaired) electrons. The first-order valence-electron chi connectivity index (χ1n) is 7.44. The molecule has 3 nitrogen and oxygen atoms in total. The fourth-order valence-electron chi connectivity index (χ4n) is 2.80. The van der Waals surface area contributed by atoms with Crippen molar-refractivity contribution in [3.05, 3.63) is 71.9 Å². The summed E-state index contributed by atoms with van der Waals surface area (Å²) in [6.45, 7) is 0. The first-order valence-corrected chi connectivity index (χ1v) is 7.44. The number of ketones is 1. The van der Waals surface area contributed by atoms with Crippen molar-refractivity contribution in [3.63, 3.8) is 0 Å². The largest absolute Gasteiger partial charge is 0.497 e. The molecule has 1 atom stereocenters. The van der Waals surface area contributed by atoms with Gasteiger partial charge in [-0.25, -0.2) is 0 Å². The highest BCUT2D eigenvalue weighted by atomic mass is 16.5. The smallest absolute Gasteiger partial charge is 0.158 e. The van der Waals surface area contributed by atoms with E-state index in [1.807, 2.05) is 42.5 Å². The lowest BCUT2D eigenvalue weighted by Crippen LogP contribution is -2.16. The summed E-state index contributed by atoms with van der Waals surface area (Å²) >= 11 is 0. The van der Waals surface area contributed by atoms with Crippen molar-refractivity contribution in [2.75, 3.05) is 12.4 Å². The zero-order valence-electron chi connectivity index (χ0n) is 12.6. The number of carbonyl (C=O) groups is 1. The summed E-state index contributed by atoms with van der Waals surface area (Å²) in [7, 11) is 1.65. The van der Waals surface area contributed by atoms with Gasteiger partial charge < -0.3 is 10.1 Å². The van der Waals surface area contributed by atoms with Crippen LogP contribution in [0, 0.1) is 0 Å². The Bertz CT molecular complexity index is 674. The number of nitrogens with one attached hydrogen (secondary N) is 1. The van der Waals surface area contributed by atoms with E-state index in [0.717, 1.165) is 23.6 Å². The summed E-state index contributed by atoms with van der Waals surface area (Å²) < 4.78 is 5.15. The van der Waals surface area contributed by atoms with E-state index in [4.69, 9.17) is 4.74 Å². The van der Waals surface area contributed by atoms with Crippen LogP contribution in [0.4, 0.5) is 5.69 Å². The summed E-state index contributed by atoms with van der Waals surface area (Å²) in [5.74, 6) is 1.25. The molecule has 0 bridgehead atoms. The van der Waals surface area contributed by atoms with E-state index in [1.54, 1.807) is 13.2 Å². The Hall–Kier alpha value is -2.55. The minimum absolute atomic E-state index is 0.177. The molecule has 112 valence electrons. The van der Waals surface area contributed by atoms with Gasteiger partial charge in [-0.1, -0.05) is 30.3 Å². The maximum absolute atomic E-state index is 12.0. The van der Waals surface area contributed by atoms with Crippen LogP contribution in [-0.4, -0.2) is 12.9 Å². The van der Waals surface area contributed by atoms with Crippen molar-refractivity contribution in [3.8, 4) is 5.75 Å². The van der Waals surface area contributed by atoms with Gasteiger partial charge >= 0.3 is 0 Å². The molecule has 1 aliphatic rings. The Balaban J connectivity index is 1.74. The Morgan fingerprint density at radius 3 is 2.41 bits per heavy atom. The molecule has 0 amide bonds. The predicted molar refractivity (Wildman–Crippen MR) is 88.1 cm³/mol. The molecule has 2 aromatic carbocycles. The molecular formula is C19H19NO2.